The number of methoxy groups -OCH3 is 2. The van der Waals surface area contributed by atoms with Crippen LogP contribution in [0.3, 0.4) is 0 Å². The molecule has 0 saturated carbocycles. The number of carbonyl (C=O) groups excluding carboxylic acids is 2. The van der Waals surface area contributed by atoms with Crippen molar-refractivity contribution in [3.8, 4) is 11.5 Å². The second kappa shape index (κ2) is 13.3. The molecule has 0 spiro atoms. The number of ether oxygens (including phenoxy) is 2. The number of amides is 2. The summed E-state index contributed by atoms with van der Waals surface area (Å²) in [5.41, 5.74) is 0.331. The third kappa shape index (κ3) is 8.14. The highest BCUT2D eigenvalue weighted by Gasteiger charge is 2.33. The van der Waals surface area contributed by atoms with Gasteiger partial charge in [0.15, 0.2) is 0 Å². The minimum atomic E-state index is -4.21. The number of rotatable bonds is 11. The largest absolute Gasteiger partial charge is 0.497 e. The Bertz CT molecular complexity index is 1480. The van der Waals surface area contributed by atoms with Crippen LogP contribution in [0.15, 0.2) is 77.7 Å². The molecule has 3 aromatic rings. The van der Waals surface area contributed by atoms with E-state index in [1.54, 1.807) is 49.4 Å². The molecule has 1 unspecified atom stereocenters. The number of anilines is 1. The van der Waals surface area contributed by atoms with Gasteiger partial charge < -0.3 is 19.7 Å². The van der Waals surface area contributed by atoms with Crippen LogP contribution in [0.25, 0.3) is 0 Å². The second-order valence-corrected chi connectivity index (χ2v) is 12.7. The smallest absolute Gasteiger partial charge is 0.264 e. The van der Waals surface area contributed by atoms with Gasteiger partial charge in [-0.15, -0.1) is 0 Å². The van der Waals surface area contributed by atoms with Gasteiger partial charge in [0.05, 0.1) is 29.8 Å². The fourth-order valence-corrected chi connectivity index (χ4v) is 5.76. The minimum Gasteiger partial charge on any atom is -0.497 e. The quantitative estimate of drug-likeness (QED) is 0.336. The van der Waals surface area contributed by atoms with Crippen LogP contribution in [0, 0.1) is 0 Å². The summed E-state index contributed by atoms with van der Waals surface area (Å²) < 4.78 is 39.3. The van der Waals surface area contributed by atoms with Crippen molar-refractivity contribution < 1.29 is 27.5 Å². The Balaban J connectivity index is 2.07. The highest BCUT2D eigenvalue weighted by atomic mass is 35.5. The highest BCUT2D eigenvalue weighted by Crippen LogP contribution is 2.32. The fraction of sp³-hybridized carbons (Fsp3) is 0.333. The molecule has 9 nitrogen and oxygen atoms in total. The Morgan fingerprint density at radius 1 is 0.951 bits per heavy atom. The zero-order valence-electron chi connectivity index (χ0n) is 24.0. The van der Waals surface area contributed by atoms with Crippen LogP contribution in [0.2, 0.25) is 5.02 Å². The van der Waals surface area contributed by atoms with E-state index in [1.165, 1.54) is 49.5 Å². The van der Waals surface area contributed by atoms with Crippen molar-refractivity contribution in [2.75, 3.05) is 25.1 Å². The van der Waals surface area contributed by atoms with E-state index < -0.39 is 34.1 Å². The molecule has 0 aromatic heterocycles. The summed E-state index contributed by atoms with van der Waals surface area (Å²) in [6, 6.07) is 18.5. The van der Waals surface area contributed by atoms with E-state index in [4.69, 9.17) is 21.1 Å². The number of hydrogen-bond donors (Lipinski definition) is 1. The lowest BCUT2D eigenvalue weighted by molar-refractivity contribution is -0.140. The third-order valence-electron chi connectivity index (χ3n) is 6.19. The van der Waals surface area contributed by atoms with Gasteiger partial charge in [0.2, 0.25) is 11.8 Å². The van der Waals surface area contributed by atoms with E-state index in [-0.39, 0.29) is 28.1 Å². The molecular formula is C30H36ClN3O6S. The summed E-state index contributed by atoms with van der Waals surface area (Å²) in [6.45, 7) is 6.59. The normalized spacial score (nSPS) is 12.3. The number of nitrogens with one attached hydrogen (secondary N) is 1. The first-order valence-electron chi connectivity index (χ1n) is 12.9. The maximum Gasteiger partial charge on any atom is 0.264 e. The molecule has 0 radical (unpaired) electrons. The number of carbonyl (C=O) groups is 2. The third-order valence-corrected chi connectivity index (χ3v) is 8.27. The maximum absolute atomic E-state index is 14.0. The Morgan fingerprint density at radius 3 is 2.22 bits per heavy atom. The van der Waals surface area contributed by atoms with Crippen molar-refractivity contribution in [3.05, 3.63) is 83.4 Å². The molecule has 0 heterocycles. The summed E-state index contributed by atoms with van der Waals surface area (Å²) in [5.74, 6) is -0.0247. The van der Waals surface area contributed by atoms with Crippen LogP contribution >= 0.6 is 11.6 Å². The van der Waals surface area contributed by atoms with Crippen LogP contribution in [-0.4, -0.2) is 57.5 Å². The van der Waals surface area contributed by atoms with Crippen LogP contribution in [0.1, 0.15) is 33.3 Å². The van der Waals surface area contributed by atoms with E-state index in [2.05, 4.69) is 5.32 Å². The highest BCUT2D eigenvalue weighted by molar-refractivity contribution is 7.92. The number of nitrogens with zero attached hydrogens (tertiary/aromatic N) is 2. The Morgan fingerprint density at radius 2 is 1.63 bits per heavy atom. The molecule has 1 N–H and O–H groups in total. The van der Waals surface area contributed by atoms with E-state index in [0.717, 1.165) is 4.31 Å². The standard InChI is InChI=1S/C30H36ClN3O6S/c1-21(29(36)32-30(2,3)4)33(19-22-11-10-12-24(17-22)39-5)28(35)20-34(23-15-16-27(40-6)26(31)18-23)41(37,38)25-13-8-7-9-14-25/h7-18,21H,19-20H2,1-6H3,(H,32,36). The molecule has 0 saturated heterocycles. The van der Waals surface area contributed by atoms with Crippen molar-refractivity contribution in [3.63, 3.8) is 0 Å². The van der Waals surface area contributed by atoms with E-state index in [1.807, 2.05) is 20.8 Å². The van der Waals surface area contributed by atoms with Crippen molar-refractivity contribution in [2.24, 2.45) is 0 Å². The van der Waals surface area contributed by atoms with E-state index in [9.17, 15) is 18.0 Å². The maximum atomic E-state index is 14.0. The Hall–Kier alpha value is -3.76. The van der Waals surface area contributed by atoms with Crippen molar-refractivity contribution in [1.82, 2.24) is 10.2 Å². The molecule has 0 bridgehead atoms. The lowest BCUT2D eigenvalue weighted by Gasteiger charge is -2.33. The molecule has 220 valence electrons. The fourth-order valence-electron chi connectivity index (χ4n) is 4.08. The van der Waals surface area contributed by atoms with Gasteiger partial charge in [-0.05, 0) is 75.7 Å². The first-order chi connectivity index (χ1) is 19.3. The first-order valence-corrected chi connectivity index (χ1v) is 14.7. The van der Waals surface area contributed by atoms with Crippen molar-refractivity contribution in [1.29, 1.82) is 0 Å². The molecule has 0 fully saturated rings. The molecule has 0 aliphatic carbocycles. The predicted octanol–water partition coefficient (Wildman–Crippen LogP) is 4.88. The van der Waals surface area contributed by atoms with Gasteiger partial charge in [-0.2, -0.15) is 0 Å². The van der Waals surface area contributed by atoms with Gasteiger partial charge in [0.25, 0.3) is 10.0 Å². The summed E-state index contributed by atoms with van der Waals surface area (Å²) in [5, 5.41) is 3.08. The summed E-state index contributed by atoms with van der Waals surface area (Å²) in [6.07, 6.45) is 0. The minimum absolute atomic E-state index is 0.00221. The van der Waals surface area contributed by atoms with E-state index >= 15 is 0 Å². The number of benzene rings is 3. The van der Waals surface area contributed by atoms with Crippen LogP contribution in [-0.2, 0) is 26.2 Å². The summed E-state index contributed by atoms with van der Waals surface area (Å²) >= 11 is 6.35. The van der Waals surface area contributed by atoms with Crippen LogP contribution < -0.4 is 19.1 Å². The molecular weight excluding hydrogens is 566 g/mol. The number of hydrogen-bond acceptors (Lipinski definition) is 6. The predicted molar refractivity (Wildman–Crippen MR) is 160 cm³/mol. The van der Waals surface area contributed by atoms with Gasteiger partial charge in [-0.25, -0.2) is 8.42 Å². The monoisotopic (exact) mass is 601 g/mol. The van der Waals surface area contributed by atoms with Crippen molar-refractivity contribution >= 4 is 39.1 Å². The summed E-state index contributed by atoms with van der Waals surface area (Å²) in [4.78, 5) is 28.6. The zero-order chi connectivity index (χ0) is 30.4. The molecule has 41 heavy (non-hydrogen) atoms. The molecule has 0 aliphatic rings. The van der Waals surface area contributed by atoms with Crippen LogP contribution in [0.5, 0.6) is 11.5 Å². The number of halogens is 1. The SMILES string of the molecule is COc1cccc(CN(C(=O)CN(c2ccc(OC)c(Cl)c2)S(=O)(=O)c2ccccc2)C(C)C(=O)NC(C)(C)C)c1. The van der Waals surface area contributed by atoms with Crippen LogP contribution in [0.4, 0.5) is 5.69 Å². The van der Waals surface area contributed by atoms with Gasteiger partial charge in [-0.3, -0.25) is 13.9 Å². The van der Waals surface area contributed by atoms with Gasteiger partial charge >= 0.3 is 0 Å². The van der Waals surface area contributed by atoms with Gasteiger partial charge in [0, 0.05) is 12.1 Å². The van der Waals surface area contributed by atoms with E-state index in [0.29, 0.717) is 17.1 Å². The average molecular weight is 602 g/mol. The second-order valence-electron chi connectivity index (χ2n) is 10.4. The molecule has 2 amide bonds. The number of sulfonamides is 1. The summed E-state index contributed by atoms with van der Waals surface area (Å²) in [7, 11) is -1.23. The van der Waals surface area contributed by atoms with Crippen molar-refractivity contribution in [2.45, 2.75) is 50.7 Å². The van der Waals surface area contributed by atoms with Gasteiger partial charge in [-0.1, -0.05) is 41.9 Å². The molecule has 0 aliphatic heterocycles. The first kappa shape index (κ1) is 31.8. The Kier molecular flexibility index (Phi) is 10.3. The lowest BCUT2D eigenvalue weighted by Crippen LogP contribution is -2.54. The topological polar surface area (TPSA) is 105 Å². The molecule has 1 atom stereocenters. The molecule has 3 rings (SSSR count). The lowest BCUT2D eigenvalue weighted by atomic mass is 10.1. The van der Waals surface area contributed by atoms with Gasteiger partial charge in [0.1, 0.15) is 24.1 Å². The Labute approximate surface area is 247 Å². The molecule has 3 aromatic carbocycles. The zero-order valence-corrected chi connectivity index (χ0v) is 25.6. The average Bonchev–Trinajstić information content (AvgIpc) is 2.93. The molecule has 11 heteroatoms.